The second-order valence-corrected chi connectivity index (χ2v) is 13.2. The van der Waals surface area contributed by atoms with E-state index in [9.17, 15) is 0 Å². The lowest BCUT2D eigenvalue weighted by Gasteiger charge is -2.05. The van der Waals surface area contributed by atoms with Crippen LogP contribution in [0.2, 0.25) is 0 Å². The van der Waals surface area contributed by atoms with Crippen molar-refractivity contribution >= 4 is 0 Å². The highest BCUT2D eigenvalue weighted by Gasteiger charge is 1.98. The van der Waals surface area contributed by atoms with Crippen LogP contribution in [-0.4, -0.2) is 11.7 Å². The third-order valence-corrected chi connectivity index (χ3v) is 8.69. The lowest BCUT2D eigenvalue weighted by Crippen LogP contribution is -1.87. The van der Waals surface area contributed by atoms with Crippen LogP contribution in [0.4, 0.5) is 0 Å². The Bertz CT molecular complexity index is 390. The molecule has 0 saturated carbocycles. The second-order valence-electron chi connectivity index (χ2n) is 13.2. The Kier molecular flexibility index (Phi) is 35.0. The number of hydrogen-bond donors (Lipinski definition) is 1. The van der Waals surface area contributed by atoms with Gasteiger partial charge in [-0.1, -0.05) is 219 Å². The molecule has 0 rings (SSSR count). The van der Waals surface area contributed by atoms with Crippen LogP contribution in [0.3, 0.4) is 0 Å². The number of aliphatic hydroxyl groups excluding tert-OH is 1. The molecule has 0 saturated heterocycles. The van der Waals surface area contributed by atoms with Crippen LogP contribution in [-0.2, 0) is 0 Å². The predicted molar refractivity (Wildman–Crippen MR) is 174 cm³/mol. The summed E-state index contributed by atoms with van der Waals surface area (Å²) in [5.41, 5.74) is 0. The van der Waals surface area contributed by atoms with Gasteiger partial charge < -0.3 is 5.11 Å². The van der Waals surface area contributed by atoms with Crippen molar-refractivity contribution in [3.05, 3.63) is 0 Å². The summed E-state index contributed by atoms with van der Waals surface area (Å²) >= 11 is 0. The minimum absolute atomic E-state index is 0.374. The van der Waals surface area contributed by atoms with Crippen LogP contribution in [0.15, 0.2) is 0 Å². The molecule has 0 aliphatic rings. The number of rotatable bonds is 34. The minimum Gasteiger partial charge on any atom is -0.396 e. The molecule has 0 aliphatic carbocycles. The second kappa shape index (κ2) is 35.0. The molecule has 0 aromatic heterocycles. The summed E-state index contributed by atoms with van der Waals surface area (Å²) in [7, 11) is 0. The van der Waals surface area contributed by atoms with Gasteiger partial charge in [-0.25, -0.2) is 0 Å². The molecular weight excluding hydrogens is 460 g/mol. The zero-order valence-electron chi connectivity index (χ0n) is 27.1. The van der Waals surface area contributed by atoms with Crippen LogP contribution < -0.4 is 0 Å². The fourth-order valence-corrected chi connectivity index (χ4v) is 5.97. The van der Waals surface area contributed by atoms with Gasteiger partial charge in [-0.3, -0.25) is 0 Å². The lowest BCUT2D eigenvalue weighted by atomic mass is 10.0. The molecule has 0 fully saturated rings. The van der Waals surface area contributed by atoms with Crippen LogP contribution in [0, 0.1) is 5.92 Å². The van der Waals surface area contributed by atoms with Gasteiger partial charge in [-0.2, -0.15) is 0 Å². The third-order valence-electron chi connectivity index (χ3n) is 8.69. The van der Waals surface area contributed by atoms with Crippen LogP contribution in [0.25, 0.3) is 0 Å². The van der Waals surface area contributed by atoms with Crippen molar-refractivity contribution in [3.63, 3.8) is 0 Å². The quantitative estimate of drug-likeness (QED) is 0.0810. The molecule has 0 aliphatic heterocycles. The maximum Gasteiger partial charge on any atom is 0.0431 e. The van der Waals surface area contributed by atoms with Gasteiger partial charge in [0.1, 0.15) is 0 Å². The first-order valence-electron chi connectivity index (χ1n) is 18.4. The molecule has 0 aromatic carbocycles. The smallest absolute Gasteiger partial charge is 0.0431 e. The topological polar surface area (TPSA) is 20.2 Å². The zero-order valence-corrected chi connectivity index (χ0v) is 27.1. The highest BCUT2D eigenvalue weighted by Crippen LogP contribution is 2.17. The van der Waals surface area contributed by atoms with E-state index >= 15 is 0 Å². The van der Waals surface area contributed by atoms with Gasteiger partial charge in [-0.15, -0.1) is 0 Å². The molecule has 0 heterocycles. The van der Waals surface area contributed by atoms with E-state index in [1.54, 1.807) is 0 Å². The Balaban J connectivity index is 3.02. The number of aliphatic hydroxyl groups is 1. The van der Waals surface area contributed by atoms with Crippen LogP contribution >= 0.6 is 0 Å². The molecule has 38 heavy (non-hydrogen) atoms. The van der Waals surface area contributed by atoms with Crippen LogP contribution in [0.5, 0.6) is 0 Å². The molecule has 0 amide bonds. The van der Waals surface area contributed by atoms with Gasteiger partial charge in [0, 0.05) is 6.61 Å². The van der Waals surface area contributed by atoms with Gasteiger partial charge >= 0.3 is 0 Å². The Morgan fingerprint density at radius 1 is 0.263 bits per heavy atom. The molecule has 230 valence electrons. The Morgan fingerprint density at radius 2 is 0.421 bits per heavy atom. The van der Waals surface area contributed by atoms with Crippen molar-refractivity contribution in [2.75, 3.05) is 6.61 Å². The standard InChI is InChI=1S/C37H76O/c1-37(2)35-33-31-29-27-25-23-21-19-17-15-13-11-9-7-5-3-4-6-8-10-12-14-16-18-20-22-24-26-28-30-32-34-36-38/h37-38H,3-36H2,1-2H3. The van der Waals surface area contributed by atoms with Gasteiger partial charge in [0.15, 0.2) is 0 Å². The van der Waals surface area contributed by atoms with E-state index in [4.69, 9.17) is 5.11 Å². The summed E-state index contributed by atoms with van der Waals surface area (Å²) in [4.78, 5) is 0. The Labute approximate surface area is 243 Å². The van der Waals surface area contributed by atoms with Crippen molar-refractivity contribution in [2.45, 2.75) is 226 Å². The van der Waals surface area contributed by atoms with Gasteiger partial charge in [0.2, 0.25) is 0 Å². The van der Waals surface area contributed by atoms with Crippen molar-refractivity contribution < 1.29 is 5.11 Å². The molecule has 0 bridgehead atoms. The molecule has 1 nitrogen and oxygen atoms in total. The highest BCUT2D eigenvalue weighted by atomic mass is 16.2. The first-order valence-corrected chi connectivity index (χ1v) is 18.4. The van der Waals surface area contributed by atoms with Crippen molar-refractivity contribution in [3.8, 4) is 0 Å². The van der Waals surface area contributed by atoms with E-state index in [0.29, 0.717) is 6.61 Å². The summed E-state index contributed by atoms with van der Waals surface area (Å²) in [5, 5.41) is 8.78. The average molecular weight is 537 g/mol. The summed E-state index contributed by atoms with van der Waals surface area (Å²) in [6.45, 7) is 5.07. The molecule has 1 heteroatoms. The normalized spacial score (nSPS) is 11.7. The van der Waals surface area contributed by atoms with E-state index in [-0.39, 0.29) is 0 Å². The molecule has 0 atom stereocenters. The highest BCUT2D eigenvalue weighted by molar-refractivity contribution is 4.53. The average Bonchev–Trinajstić information content (AvgIpc) is 2.91. The van der Waals surface area contributed by atoms with E-state index in [1.165, 1.54) is 205 Å². The van der Waals surface area contributed by atoms with E-state index in [0.717, 1.165) is 12.3 Å². The molecule has 0 spiro atoms. The molecule has 0 unspecified atom stereocenters. The van der Waals surface area contributed by atoms with Gasteiger partial charge in [0.25, 0.3) is 0 Å². The van der Waals surface area contributed by atoms with Crippen molar-refractivity contribution in [1.29, 1.82) is 0 Å². The monoisotopic (exact) mass is 537 g/mol. The summed E-state index contributed by atoms with van der Waals surface area (Å²) in [6.07, 6.45) is 47.6. The number of unbranched alkanes of at least 4 members (excludes halogenated alkanes) is 31. The summed E-state index contributed by atoms with van der Waals surface area (Å²) < 4.78 is 0. The van der Waals surface area contributed by atoms with E-state index < -0.39 is 0 Å². The fraction of sp³-hybridized carbons (Fsp3) is 1.00. The van der Waals surface area contributed by atoms with Crippen LogP contribution in [0.1, 0.15) is 226 Å². The first kappa shape index (κ1) is 38.0. The fourth-order valence-electron chi connectivity index (χ4n) is 5.97. The summed E-state index contributed by atoms with van der Waals surface area (Å²) in [5.74, 6) is 0.894. The molecule has 0 radical (unpaired) electrons. The van der Waals surface area contributed by atoms with E-state index in [1.807, 2.05) is 0 Å². The summed E-state index contributed by atoms with van der Waals surface area (Å²) in [6, 6.07) is 0. The predicted octanol–water partition coefficient (Wildman–Crippen LogP) is 13.5. The molecular formula is C37H76O. The van der Waals surface area contributed by atoms with E-state index in [2.05, 4.69) is 13.8 Å². The SMILES string of the molecule is CC(C)CCCCCCCCCCCCCCCCCCCCCCCCCCCCCCCCCCO. The lowest BCUT2D eigenvalue weighted by molar-refractivity contribution is 0.282. The van der Waals surface area contributed by atoms with Gasteiger partial charge in [0.05, 0.1) is 0 Å². The maximum atomic E-state index is 8.78. The Morgan fingerprint density at radius 3 is 0.579 bits per heavy atom. The zero-order chi connectivity index (χ0) is 27.6. The largest absolute Gasteiger partial charge is 0.396 e. The van der Waals surface area contributed by atoms with Gasteiger partial charge in [-0.05, 0) is 12.3 Å². The maximum absolute atomic E-state index is 8.78. The molecule has 0 aromatic rings. The number of hydrogen-bond acceptors (Lipinski definition) is 1. The van der Waals surface area contributed by atoms with Crippen molar-refractivity contribution in [2.24, 2.45) is 5.92 Å². The Hall–Kier alpha value is -0.0400. The van der Waals surface area contributed by atoms with Crippen molar-refractivity contribution in [1.82, 2.24) is 0 Å². The minimum atomic E-state index is 0.374. The first-order chi connectivity index (χ1) is 18.8. The molecule has 1 N–H and O–H groups in total. The third kappa shape index (κ3) is 36.0.